The van der Waals surface area contributed by atoms with E-state index in [-0.39, 0.29) is 12.1 Å². The van der Waals surface area contributed by atoms with E-state index in [2.05, 4.69) is 37.9 Å². The second-order valence-corrected chi connectivity index (χ2v) is 6.11. The van der Waals surface area contributed by atoms with Gasteiger partial charge in [0, 0.05) is 12.6 Å². The van der Waals surface area contributed by atoms with Crippen molar-refractivity contribution in [3.05, 3.63) is 0 Å². The van der Waals surface area contributed by atoms with Crippen LogP contribution in [0.3, 0.4) is 0 Å². The Labute approximate surface area is 113 Å². The van der Waals surface area contributed by atoms with Gasteiger partial charge in [0.2, 0.25) is 0 Å². The van der Waals surface area contributed by atoms with Gasteiger partial charge in [0.15, 0.2) is 0 Å². The van der Waals surface area contributed by atoms with Crippen molar-refractivity contribution in [3.63, 3.8) is 0 Å². The highest BCUT2D eigenvalue weighted by molar-refractivity contribution is 5.03. The molecule has 0 aromatic rings. The van der Waals surface area contributed by atoms with Gasteiger partial charge < -0.3 is 15.3 Å². The fourth-order valence-electron chi connectivity index (χ4n) is 2.86. The highest BCUT2D eigenvalue weighted by Crippen LogP contribution is 2.40. The molecule has 0 heterocycles. The Morgan fingerprint density at radius 2 is 2.00 bits per heavy atom. The third-order valence-corrected chi connectivity index (χ3v) is 4.00. The zero-order valence-corrected chi connectivity index (χ0v) is 12.7. The molecule has 0 bridgehead atoms. The molecule has 0 amide bonds. The maximum absolute atomic E-state index is 9.92. The van der Waals surface area contributed by atoms with Crippen molar-refractivity contribution >= 4 is 0 Å². The fourth-order valence-corrected chi connectivity index (χ4v) is 2.86. The molecule has 1 aliphatic rings. The Morgan fingerprint density at radius 3 is 2.39 bits per heavy atom. The van der Waals surface area contributed by atoms with Crippen LogP contribution in [0.4, 0.5) is 0 Å². The summed E-state index contributed by atoms with van der Waals surface area (Å²) in [5.41, 5.74) is -0.0715. The first kappa shape index (κ1) is 15.9. The number of likely N-dealkylation sites (N-methyl/N-ethyl adjacent to an activating group) is 1. The Kier molecular flexibility index (Phi) is 6.61. The van der Waals surface area contributed by atoms with Crippen LogP contribution in [-0.4, -0.2) is 47.8 Å². The predicted octanol–water partition coefficient (Wildman–Crippen LogP) is 2.25. The standard InChI is InChI=1S/C15H32N2O/c1-5-7-10-17(6-2)11-15(12-18,14-8-9-14)16-13(3)4/h13-14,16,18H,5-12H2,1-4H3. The molecular formula is C15H32N2O. The van der Waals surface area contributed by atoms with E-state index in [9.17, 15) is 5.11 Å². The van der Waals surface area contributed by atoms with Crippen LogP contribution in [0, 0.1) is 5.92 Å². The summed E-state index contributed by atoms with van der Waals surface area (Å²) in [6.45, 7) is 12.3. The summed E-state index contributed by atoms with van der Waals surface area (Å²) in [6.07, 6.45) is 5.03. The minimum absolute atomic E-state index is 0.0715. The second kappa shape index (κ2) is 7.46. The molecule has 1 aliphatic carbocycles. The molecule has 0 radical (unpaired) electrons. The van der Waals surface area contributed by atoms with E-state index < -0.39 is 0 Å². The van der Waals surface area contributed by atoms with Gasteiger partial charge in [0.05, 0.1) is 12.1 Å². The Bertz CT molecular complexity index is 229. The number of nitrogens with one attached hydrogen (secondary N) is 1. The zero-order chi connectivity index (χ0) is 13.6. The van der Waals surface area contributed by atoms with Gasteiger partial charge in [-0.15, -0.1) is 0 Å². The molecule has 0 aromatic heterocycles. The number of nitrogens with zero attached hydrogens (tertiary/aromatic N) is 1. The number of hydrogen-bond donors (Lipinski definition) is 2. The Morgan fingerprint density at radius 1 is 1.33 bits per heavy atom. The average Bonchev–Trinajstić information content (AvgIpc) is 3.17. The summed E-state index contributed by atoms with van der Waals surface area (Å²) in [6, 6.07) is 0.433. The lowest BCUT2D eigenvalue weighted by Crippen LogP contribution is -2.60. The number of hydrogen-bond acceptors (Lipinski definition) is 3. The van der Waals surface area contributed by atoms with Crippen LogP contribution in [0.15, 0.2) is 0 Å². The quantitative estimate of drug-likeness (QED) is 0.629. The van der Waals surface area contributed by atoms with Crippen LogP contribution in [0.25, 0.3) is 0 Å². The summed E-state index contributed by atoms with van der Waals surface area (Å²) >= 11 is 0. The lowest BCUT2D eigenvalue weighted by atomic mass is 9.92. The highest BCUT2D eigenvalue weighted by Gasteiger charge is 2.45. The van der Waals surface area contributed by atoms with Crippen molar-refractivity contribution in [3.8, 4) is 0 Å². The maximum atomic E-state index is 9.92. The average molecular weight is 256 g/mol. The molecule has 0 aliphatic heterocycles. The van der Waals surface area contributed by atoms with Crippen molar-refractivity contribution in [2.45, 2.75) is 65.0 Å². The normalized spacial score (nSPS) is 19.5. The number of rotatable bonds is 10. The number of aliphatic hydroxyl groups is 1. The van der Waals surface area contributed by atoms with Crippen molar-refractivity contribution < 1.29 is 5.11 Å². The lowest BCUT2D eigenvalue weighted by Gasteiger charge is -2.39. The van der Waals surface area contributed by atoms with Crippen molar-refractivity contribution in [1.29, 1.82) is 0 Å². The molecular weight excluding hydrogens is 224 g/mol. The minimum Gasteiger partial charge on any atom is -0.394 e. The molecule has 1 unspecified atom stereocenters. The van der Waals surface area contributed by atoms with Crippen molar-refractivity contribution in [2.75, 3.05) is 26.2 Å². The van der Waals surface area contributed by atoms with Crippen LogP contribution in [0.5, 0.6) is 0 Å². The summed E-state index contributed by atoms with van der Waals surface area (Å²) in [4.78, 5) is 2.49. The smallest absolute Gasteiger partial charge is 0.0628 e. The van der Waals surface area contributed by atoms with Gasteiger partial charge >= 0.3 is 0 Å². The molecule has 1 saturated carbocycles. The molecule has 0 spiro atoms. The number of unbranched alkanes of at least 4 members (excludes halogenated alkanes) is 1. The van der Waals surface area contributed by atoms with Crippen molar-refractivity contribution in [1.82, 2.24) is 10.2 Å². The SMILES string of the molecule is CCCCN(CC)CC(CO)(NC(C)C)C1CC1. The van der Waals surface area contributed by atoms with Gasteiger partial charge in [-0.2, -0.15) is 0 Å². The Hall–Kier alpha value is -0.120. The first-order valence-electron chi connectivity index (χ1n) is 7.68. The topological polar surface area (TPSA) is 35.5 Å². The van der Waals surface area contributed by atoms with Gasteiger partial charge in [0.25, 0.3) is 0 Å². The molecule has 2 N–H and O–H groups in total. The van der Waals surface area contributed by atoms with Gasteiger partial charge in [-0.3, -0.25) is 0 Å². The van der Waals surface area contributed by atoms with Crippen LogP contribution in [0.1, 0.15) is 53.4 Å². The summed E-state index contributed by atoms with van der Waals surface area (Å²) in [7, 11) is 0. The van der Waals surface area contributed by atoms with E-state index in [4.69, 9.17) is 0 Å². The summed E-state index contributed by atoms with van der Waals surface area (Å²) in [5, 5.41) is 13.6. The minimum atomic E-state index is -0.0715. The molecule has 108 valence electrons. The molecule has 0 saturated heterocycles. The maximum Gasteiger partial charge on any atom is 0.0628 e. The first-order chi connectivity index (χ1) is 8.57. The monoisotopic (exact) mass is 256 g/mol. The van der Waals surface area contributed by atoms with E-state index in [1.54, 1.807) is 0 Å². The molecule has 1 fully saturated rings. The zero-order valence-electron chi connectivity index (χ0n) is 12.7. The molecule has 3 heteroatoms. The van der Waals surface area contributed by atoms with Gasteiger partial charge in [0.1, 0.15) is 0 Å². The summed E-state index contributed by atoms with van der Waals surface area (Å²) < 4.78 is 0. The molecule has 0 aromatic carbocycles. The summed E-state index contributed by atoms with van der Waals surface area (Å²) in [5.74, 6) is 0.667. The number of aliphatic hydroxyl groups excluding tert-OH is 1. The fraction of sp³-hybridized carbons (Fsp3) is 1.00. The van der Waals surface area contributed by atoms with E-state index in [1.165, 1.54) is 25.7 Å². The molecule has 18 heavy (non-hydrogen) atoms. The molecule has 3 nitrogen and oxygen atoms in total. The van der Waals surface area contributed by atoms with E-state index in [1.807, 2.05) is 0 Å². The lowest BCUT2D eigenvalue weighted by molar-refractivity contribution is 0.0849. The van der Waals surface area contributed by atoms with Crippen LogP contribution >= 0.6 is 0 Å². The van der Waals surface area contributed by atoms with Gasteiger partial charge in [-0.25, -0.2) is 0 Å². The van der Waals surface area contributed by atoms with Gasteiger partial charge in [-0.1, -0.05) is 34.1 Å². The van der Waals surface area contributed by atoms with Crippen LogP contribution in [-0.2, 0) is 0 Å². The van der Waals surface area contributed by atoms with Gasteiger partial charge in [-0.05, 0) is 38.3 Å². The predicted molar refractivity (Wildman–Crippen MR) is 77.8 cm³/mol. The third kappa shape index (κ3) is 4.52. The first-order valence-corrected chi connectivity index (χ1v) is 7.68. The largest absolute Gasteiger partial charge is 0.394 e. The van der Waals surface area contributed by atoms with Crippen LogP contribution in [0.2, 0.25) is 0 Å². The Balaban J connectivity index is 2.63. The second-order valence-electron chi connectivity index (χ2n) is 6.11. The molecule has 1 atom stereocenters. The van der Waals surface area contributed by atoms with Crippen molar-refractivity contribution in [2.24, 2.45) is 5.92 Å². The highest BCUT2D eigenvalue weighted by atomic mass is 16.3. The van der Waals surface area contributed by atoms with E-state index in [0.717, 1.165) is 19.6 Å². The third-order valence-electron chi connectivity index (χ3n) is 4.00. The molecule has 1 rings (SSSR count). The van der Waals surface area contributed by atoms with Crippen LogP contribution < -0.4 is 5.32 Å². The van der Waals surface area contributed by atoms with E-state index >= 15 is 0 Å². The van der Waals surface area contributed by atoms with E-state index in [0.29, 0.717) is 12.0 Å².